The summed E-state index contributed by atoms with van der Waals surface area (Å²) in [6.45, 7) is 11.9. The van der Waals surface area contributed by atoms with Crippen molar-refractivity contribution in [3.8, 4) is 6.07 Å². The zero-order valence-electron chi connectivity index (χ0n) is 23.5. The van der Waals surface area contributed by atoms with E-state index in [-0.39, 0.29) is 38.3 Å². The van der Waals surface area contributed by atoms with Gasteiger partial charge in [0.25, 0.3) is 14.1 Å². The van der Waals surface area contributed by atoms with Gasteiger partial charge in [0.1, 0.15) is 18.3 Å². The maximum Gasteiger partial charge on any atom is 0.353 e. The van der Waals surface area contributed by atoms with Gasteiger partial charge < -0.3 is 27.6 Å². The molecule has 2 heterocycles. The lowest BCUT2D eigenvalue weighted by Crippen LogP contribution is -2.41. The number of ether oxygens (including phenoxy) is 2. The Labute approximate surface area is 230 Å². The van der Waals surface area contributed by atoms with Crippen LogP contribution in [0.2, 0.25) is 0 Å². The predicted molar refractivity (Wildman–Crippen MR) is 146 cm³/mol. The van der Waals surface area contributed by atoms with E-state index in [2.05, 4.69) is 11.1 Å². The van der Waals surface area contributed by atoms with E-state index >= 15 is 0 Å². The first kappa shape index (κ1) is 33.5. The van der Waals surface area contributed by atoms with Gasteiger partial charge in [0, 0.05) is 37.3 Å². The second-order valence-electron chi connectivity index (χ2n) is 9.04. The second kappa shape index (κ2) is 15.9. The van der Waals surface area contributed by atoms with Crippen molar-refractivity contribution in [3.05, 3.63) is 45.0 Å². The van der Waals surface area contributed by atoms with Crippen LogP contribution in [0.1, 0.15) is 54.2 Å². The van der Waals surface area contributed by atoms with Gasteiger partial charge in [0.15, 0.2) is 6.23 Å². The molecule has 0 spiro atoms. The quantitative estimate of drug-likeness (QED) is 0.220. The van der Waals surface area contributed by atoms with E-state index < -0.39 is 51.9 Å². The average Bonchev–Trinajstić information content (AvgIpc) is 3.19. The molecule has 1 aromatic rings. The number of hydrogen-bond acceptors (Lipinski definition) is 11. The van der Waals surface area contributed by atoms with E-state index in [4.69, 9.17) is 32.8 Å². The van der Waals surface area contributed by atoms with Crippen molar-refractivity contribution >= 4 is 16.1 Å². The Balaban J connectivity index is 2.56. The number of nitrogens with one attached hydrogen (secondary N) is 1. The fraction of sp³-hybridized carbons (Fsp3) is 0.708. The molecule has 5 atom stereocenters. The molecule has 5 unspecified atom stereocenters. The monoisotopic (exact) mass is 590 g/mol. The summed E-state index contributed by atoms with van der Waals surface area (Å²) in [4.78, 5) is 26.5. The van der Waals surface area contributed by atoms with E-state index in [0.717, 1.165) is 0 Å². The van der Waals surface area contributed by atoms with Gasteiger partial charge in [-0.1, -0.05) is 0 Å². The van der Waals surface area contributed by atoms with Gasteiger partial charge in [-0.2, -0.15) is 5.26 Å². The summed E-state index contributed by atoms with van der Waals surface area (Å²) in [5, 5.41) is 9.05. The van der Waals surface area contributed by atoms with Gasteiger partial charge in [-0.3, -0.25) is 18.9 Å². The highest BCUT2D eigenvalue weighted by molar-refractivity contribution is 7.57. The lowest BCUT2D eigenvalue weighted by Gasteiger charge is -2.38. The van der Waals surface area contributed by atoms with Gasteiger partial charge in [-0.05, 0) is 47.6 Å². The number of nitrogens with zero attached hydrogens (tertiary/aromatic N) is 3. The normalized spacial score (nSPS) is 22.8. The van der Waals surface area contributed by atoms with Crippen LogP contribution in [-0.2, 0) is 32.1 Å². The molecule has 1 fully saturated rings. The summed E-state index contributed by atoms with van der Waals surface area (Å²) in [6.07, 6.45) is -0.567. The van der Waals surface area contributed by atoms with Gasteiger partial charge in [0.05, 0.1) is 32.3 Å². The first-order valence-corrected chi connectivity index (χ1v) is 15.6. The molecule has 1 aromatic heterocycles. The number of rotatable bonds is 16. The lowest BCUT2D eigenvalue weighted by atomic mass is 10.1. The van der Waals surface area contributed by atoms with Crippen LogP contribution in [0.25, 0.3) is 0 Å². The maximum atomic E-state index is 13.1. The van der Waals surface area contributed by atoms with E-state index in [1.807, 2.05) is 32.4 Å². The fourth-order valence-electron chi connectivity index (χ4n) is 4.11. The highest BCUT2D eigenvalue weighted by Gasteiger charge is 2.49. The largest absolute Gasteiger partial charge is 0.374 e. The zero-order chi connectivity index (χ0) is 29.2. The number of hydrogen-bond donors (Lipinski definition) is 1. The Hall–Kier alpha value is -1.71. The molecule has 1 saturated heterocycles. The van der Waals surface area contributed by atoms with Crippen molar-refractivity contribution in [2.24, 2.45) is 0 Å². The van der Waals surface area contributed by atoms with Crippen molar-refractivity contribution in [1.29, 1.82) is 5.26 Å². The first-order chi connectivity index (χ1) is 18.5. The van der Waals surface area contributed by atoms with E-state index in [1.165, 1.54) is 35.8 Å². The van der Waals surface area contributed by atoms with Crippen LogP contribution >= 0.6 is 16.1 Å². The Kier molecular flexibility index (Phi) is 13.7. The minimum atomic E-state index is -3.59. The molecule has 1 N–H and O–H groups in total. The third-order valence-corrected chi connectivity index (χ3v) is 9.47. The smallest absolute Gasteiger partial charge is 0.353 e. The molecular weight excluding hydrogens is 550 g/mol. The van der Waals surface area contributed by atoms with Crippen LogP contribution < -0.4 is 11.2 Å². The summed E-state index contributed by atoms with van der Waals surface area (Å²) < 4.78 is 51.8. The van der Waals surface area contributed by atoms with Crippen molar-refractivity contribution in [3.63, 3.8) is 0 Å². The molecule has 0 aliphatic carbocycles. The summed E-state index contributed by atoms with van der Waals surface area (Å²) in [7, 11) is -3.86. The second-order valence-corrected chi connectivity index (χ2v) is 12.3. The Morgan fingerprint density at radius 2 is 1.85 bits per heavy atom. The zero-order valence-corrected chi connectivity index (χ0v) is 25.3. The first-order valence-electron chi connectivity index (χ1n) is 12.8. The third-order valence-electron chi connectivity index (χ3n) is 5.57. The maximum absolute atomic E-state index is 13.1. The van der Waals surface area contributed by atoms with Crippen LogP contribution in [0, 0.1) is 11.3 Å². The van der Waals surface area contributed by atoms with E-state index in [9.17, 15) is 14.2 Å². The minimum Gasteiger partial charge on any atom is -0.374 e. The van der Waals surface area contributed by atoms with Crippen LogP contribution in [0.15, 0.2) is 33.7 Å². The van der Waals surface area contributed by atoms with E-state index in [1.54, 1.807) is 13.8 Å². The summed E-state index contributed by atoms with van der Waals surface area (Å²) in [6, 6.07) is 3.33. The molecular formula is C24H40N4O9P2. The van der Waals surface area contributed by atoms with Crippen LogP contribution in [-0.4, -0.2) is 71.5 Å². The van der Waals surface area contributed by atoms with Crippen molar-refractivity contribution in [2.75, 3.05) is 26.9 Å². The molecule has 1 aliphatic rings. The molecule has 1 aliphatic heterocycles. The van der Waals surface area contributed by atoms with Crippen LogP contribution in [0.3, 0.4) is 0 Å². The summed E-state index contributed by atoms with van der Waals surface area (Å²) in [5.41, 5.74) is -1.24. The van der Waals surface area contributed by atoms with E-state index in [0.29, 0.717) is 0 Å². The van der Waals surface area contributed by atoms with Gasteiger partial charge >= 0.3 is 13.3 Å². The minimum absolute atomic E-state index is 0.0317. The Morgan fingerprint density at radius 1 is 1.21 bits per heavy atom. The molecule has 0 amide bonds. The average molecular weight is 591 g/mol. The molecule has 0 saturated carbocycles. The number of nitriles is 1. The number of aromatic amines is 1. The third kappa shape index (κ3) is 9.15. The number of methoxy groups -OCH3 is 1. The molecule has 39 heavy (non-hydrogen) atoms. The Bertz CT molecular complexity index is 1120. The molecule has 15 heteroatoms. The van der Waals surface area contributed by atoms with Crippen LogP contribution in [0.4, 0.5) is 0 Å². The molecule has 2 rings (SSSR count). The highest BCUT2D eigenvalue weighted by Crippen LogP contribution is 2.52. The molecule has 13 nitrogen and oxygen atoms in total. The predicted octanol–water partition coefficient (Wildman–Crippen LogP) is 3.89. The van der Waals surface area contributed by atoms with Crippen LogP contribution in [0.5, 0.6) is 0 Å². The summed E-state index contributed by atoms with van der Waals surface area (Å²) in [5.74, 6) is 1.31. The van der Waals surface area contributed by atoms with Crippen molar-refractivity contribution in [2.45, 2.75) is 84.6 Å². The van der Waals surface area contributed by atoms with Gasteiger partial charge in [0.2, 0.25) is 0 Å². The molecule has 0 bridgehead atoms. The van der Waals surface area contributed by atoms with Crippen molar-refractivity contribution in [1.82, 2.24) is 14.2 Å². The van der Waals surface area contributed by atoms with Gasteiger partial charge in [-0.25, -0.2) is 9.46 Å². The lowest BCUT2D eigenvalue weighted by molar-refractivity contribution is -0.0482. The molecule has 0 radical (unpaired) electrons. The summed E-state index contributed by atoms with van der Waals surface area (Å²) >= 11 is 0. The molecule has 0 aromatic carbocycles. The number of H-pyrrole nitrogens is 1. The SMILES string of the molecule is CCOP(=O)(/C=C/C1OC(n2ccc(=O)[nH]c2=O)C(OC)C1OP(OCCC#N)N(C(C)C)C(C)C)OCC. The topological polar surface area (TPSA) is 154 Å². The Morgan fingerprint density at radius 3 is 2.36 bits per heavy atom. The standard InChI is InChI=1S/C24H40N4O9P2/c1-8-34-39(31,35-9-2)16-12-19-21(37-38(33-15-10-13-25)28(17(3)4)18(5)6)22(32-7)23(36-19)27-14-11-20(29)26-24(27)30/h11-12,14,16-19,21-23H,8-10,15H2,1-7H3,(H,26,29,30)/b16-12+. The number of aromatic nitrogens is 2. The highest BCUT2D eigenvalue weighted by atomic mass is 31.2. The van der Waals surface area contributed by atoms with Crippen molar-refractivity contribution < 1.29 is 32.1 Å². The van der Waals surface area contributed by atoms with Gasteiger partial charge in [-0.15, -0.1) is 0 Å². The molecule has 220 valence electrons. The fourth-order valence-corrected chi connectivity index (χ4v) is 7.21.